The van der Waals surface area contributed by atoms with Crippen molar-refractivity contribution in [1.29, 1.82) is 0 Å². The van der Waals surface area contributed by atoms with Gasteiger partial charge >= 0.3 is 5.97 Å². The van der Waals surface area contributed by atoms with Crippen LogP contribution in [0, 0.1) is 0 Å². The number of carbonyl (C=O) groups is 1. The molecule has 0 saturated carbocycles. The normalized spacial score (nSPS) is 20.0. The molecule has 1 saturated heterocycles. The van der Waals surface area contributed by atoms with Crippen LogP contribution in [-0.4, -0.2) is 25.2 Å². The Morgan fingerprint density at radius 1 is 1.41 bits per heavy atom. The molecule has 1 aromatic carbocycles. The minimum Gasteiger partial charge on any atom is -0.457 e. The van der Waals surface area contributed by atoms with Crippen LogP contribution in [0.4, 0.5) is 0 Å². The number of carbonyl (C=O) groups excluding carboxylic acids is 1. The first kappa shape index (κ1) is 12.7. The third kappa shape index (κ3) is 3.35. The second-order valence-electron chi connectivity index (χ2n) is 4.00. The molecule has 0 spiro atoms. The minimum atomic E-state index is -0.389. The number of nitrogens with one attached hydrogen (secondary N) is 1. The summed E-state index contributed by atoms with van der Waals surface area (Å²) in [6.07, 6.45) is 1.85. The minimum absolute atomic E-state index is 0.0667. The molecule has 1 N–H and O–H groups in total. The molecule has 1 unspecified atom stereocenters. The highest BCUT2D eigenvalue weighted by molar-refractivity contribution is 6.36. The number of esters is 1. The van der Waals surface area contributed by atoms with Gasteiger partial charge in [0, 0.05) is 11.6 Å². The van der Waals surface area contributed by atoms with Crippen molar-refractivity contribution in [2.75, 3.05) is 13.1 Å². The van der Waals surface area contributed by atoms with Crippen molar-refractivity contribution in [2.24, 2.45) is 0 Å². The summed E-state index contributed by atoms with van der Waals surface area (Å²) in [6.45, 7) is 1.69. The zero-order valence-electron chi connectivity index (χ0n) is 9.21. The van der Waals surface area contributed by atoms with Gasteiger partial charge < -0.3 is 10.1 Å². The molecule has 1 fully saturated rings. The van der Waals surface area contributed by atoms with E-state index in [0.29, 0.717) is 22.2 Å². The highest BCUT2D eigenvalue weighted by Gasteiger charge is 2.20. The van der Waals surface area contributed by atoms with Gasteiger partial charge in [-0.05, 0) is 37.6 Å². The first-order valence-electron chi connectivity index (χ1n) is 5.53. The van der Waals surface area contributed by atoms with Crippen molar-refractivity contribution in [2.45, 2.75) is 18.9 Å². The first-order valence-corrected chi connectivity index (χ1v) is 6.29. The Morgan fingerprint density at radius 2 is 2.24 bits per heavy atom. The van der Waals surface area contributed by atoms with E-state index >= 15 is 0 Å². The van der Waals surface area contributed by atoms with E-state index in [9.17, 15) is 4.79 Å². The van der Waals surface area contributed by atoms with Crippen LogP contribution in [0.15, 0.2) is 18.2 Å². The highest BCUT2D eigenvalue weighted by Crippen LogP contribution is 2.22. The fraction of sp³-hybridized carbons (Fsp3) is 0.417. The monoisotopic (exact) mass is 273 g/mol. The average molecular weight is 274 g/mol. The number of piperidine rings is 1. The van der Waals surface area contributed by atoms with Gasteiger partial charge in [-0.25, -0.2) is 4.79 Å². The van der Waals surface area contributed by atoms with E-state index in [0.717, 1.165) is 19.4 Å². The van der Waals surface area contributed by atoms with Crippen molar-refractivity contribution >= 4 is 29.2 Å². The maximum Gasteiger partial charge on any atom is 0.339 e. The predicted molar refractivity (Wildman–Crippen MR) is 67.8 cm³/mol. The lowest BCUT2D eigenvalue weighted by Gasteiger charge is -2.23. The molecule has 17 heavy (non-hydrogen) atoms. The lowest BCUT2D eigenvalue weighted by molar-refractivity contribution is 0.0245. The van der Waals surface area contributed by atoms with Crippen LogP contribution >= 0.6 is 23.2 Å². The molecule has 1 heterocycles. The zero-order valence-corrected chi connectivity index (χ0v) is 10.7. The summed E-state index contributed by atoms with van der Waals surface area (Å²) in [4.78, 5) is 11.9. The van der Waals surface area contributed by atoms with Gasteiger partial charge in [-0.3, -0.25) is 0 Å². The van der Waals surface area contributed by atoms with Crippen LogP contribution in [-0.2, 0) is 4.74 Å². The van der Waals surface area contributed by atoms with Crippen LogP contribution in [0.25, 0.3) is 0 Å². The quantitative estimate of drug-likeness (QED) is 0.843. The van der Waals surface area contributed by atoms with Gasteiger partial charge in [-0.2, -0.15) is 0 Å². The highest BCUT2D eigenvalue weighted by atomic mass is 35.5. The van der Waals surface area contributed by atoms with Crippen molar-refractivity contribution in [3.63, 3.8) is 0 Å². The SMILES string of the molecule is O=C(OC1CCCNC1)c1ccc(Cl)cc1Cl. The molecule has 0 amide bonds. The molecule has 0 bridgehead atoms. The van der Waals surface area contributed by atoms with E-state index in [4.69, 9.17) is 27.9 Å². The number of halogens is 2. The van der Waals surface area contributed by atoms with Crippen molar-refractivity contribution in [3.05, 3.63) is 33.8 Å². The van der Waals surface area contributed by atoms with Gasteiger partial charge in [-0.15, -0.1) is 0 Å². The molecule has 1 aromatic rings. The summed E-state index contributed by atoms with van der Waals surface area (Å²) in [5, 5.41) is 4.01. The Balaban J connectivity index is 2.03. The summed E-state index contributed by atoms with van der Waals surface area (Å²) < 4.78 is 5.37. The number of benzene rings is 1. The maximum absolute atomic E-state index is 11.9. The van der Waals surface area contributed by atoms with Crippen molar-refractivity contribution in [3.8, 4) is 0 Å². The van der Waals surface area contributed by atoms with E-state index in [1.165, 1.54) is 0 Å². The Hall–Kier alpha value is -0.770. The summed E-state index contributed by atoms with van der Waals surface area (Å²) in [5.41, 5.74) is 0.363. The van der Waals surface area contributed by atoms with Gasteiger partial charge in [0.05, 0.1) is 10.6 Å². The molecule has 1 atom stereocenters. The molecule has 1 aliphatic rings. The number of hydrogen-bond acceptors (Lipinski definition) is 3. The van der Waals surface area contributed by atoms with E-state index in [2.05, 4.69) is 5.32 Å². The van der Waals surface area contributed by atoms with E-state index < -0.39 is 0 Å². The third-order valence-electron chi connectivity index (χ3n) is 2.68. The molecular formula is C12H13Cl2NO2. The Kier molecular flexibility index (Phi) is 4.26. The van der Waals surface area contributed by atoms with E-state index in [1.807, 2.05) is 0 Å². The van der Waals surface area contributed by atoms with Crippen LogP contribution in [0.3, 0.4) is 0 Å². The van der Waals surface area contributed by atoms with Gasteiger partial charge in [0.25, 0.3) is 0 Å². The van der Waals surface area contributed by atoms with Gasteiger partial charge in [-0.1, -0.05) is 23.2 Å². The second kappa shape index (κ2) is 5.71. The lowest BCUT2D eigenvalue weighted by Crippen LogP contribution is -2.36. The number of ether oxygens (including phenoxy) is 1. The summed E-state index contributed by atoms with van der Waals surface area (Å²) in [6, 6.07) is 4.76. The number of hydrogen-bond donors (Lipinski definition) is 1. The van der Waals surface area contributed by atoms with Crippen LogP contribution in [0.5, 0.6) is 0 Å². The van der Waals surface area contributed by atoms with E-state index in [-0.39, 0.29) is 12.1 Å². The van der Waals surface area contributed by atoms with Crippen LogP contribution in [0.2, 0.25) is 10.0 Å². The maximum atomic E-state index is 11.9. The standard InChI is InChI=1S/C12H13Cl2NO2/c13-8-3-4-10(11(14)6-8)12(16)17-9-2-1-5-15-7-9/h3-4,6,9,15H,1-2,5,7H2. The fourth-order valence-corrected chi connectivity index (χ4v) is 2.28. The van der Waals surface area contributed by atoms with Crippen LogP contribution in [0.1, 0.15) is 23.2 Å². The molecular weight excluding hydrogens is 261 g/mol. The Morgan fingerprint density at radius 3 is 2.88 bits per heavy atom. The third-order valence-corrected chi connectivity index (χ3v) is 3.22. The van der Waals surface area contributed by atoms with Gasteiger partial charge in [0.15, 0.2) is 0 Å². The fourth-order valence-electron chi connectivity index (χ4n) is 1.79. The van der Waals surface area contributed by atoms with Crippen LogP contribution < -0.4 is 5.32 Å². The Bertz CT molecular complexity index is 417. The molecule has 3 nitrogen and oxygen atoms in total. The second-order valence-corrected chi connectivity index (χ2v) is 4.84. The zero-order chi connectivity index (χ0) is 12.3. The molecule has 0 aromatic heterocycles. The van der Waals surface area contributed by atoms with Crippen molar-refractivity contribution in [1.82, 2.24) is 5.32 Å². The van der Waals surface area contributed by atoms with E-state index in [1.54, 1.807) is 18.2 Å². The first-order chi connectivity index (χ1) is 8.16. The molecule has 0 aliphatic carbocycles. The number of rotatable bonds is 2. The largest absolute Gasteiger partial charge is 0.457 e. The molecule has 2 rings (SSSR count). The van der Waals surface area contributed by atoms with Gasteiger partial charge in [0.2, 0.25) is 0 Å². The summed E-state index contributed by atoms with van der Waals surface area (Å²) >= 11 is 11.7. The molecule has 1 aliphatic heterocycles. The van der Waals surface area contributed by atoms with Gasteiger partial charge in [0.1, 0.15) is 6.10 Å². The Labute approximate surface area is 110 Å². The summed E-state index contributed by atoms with van der Waals surface area (Å²) in [5.74, 6) is -0.389. The summed E-state index contributed by atoms with van der Waals surface area (Å²) in [7, 11) is 0. The topological polar surface area (TPSA) is 38.3 Å². The molecule has 5 heteroatoms. The predicted octanol–water partition coefficient (Wildman–Crippen LogP) is 2.90. The molecule has 92 valence electrons. The lowest BCUT2D eigenvalue weighted by atomic mass is 10.1. The average Bonchev–Trinajstić information content (AvgIpc) is 2.30. The van der Waals surface area contributed by atoms with Crippen molar-refractivity contribution < 1.29 is 9.53 Å². The smallest absolute Gasteiger partial charge is 0.339 e. The molecule has 0 radical (unpaired) electrons.